The van der Waals surface area contributed by atoms with Gasteiger partial charge in [-0.15, -0.1) is 5.10 Å². The molecule has 1 aromatic heterocycles. The molecule has 0 saturated heterocycles. The van der Waals surface area contributed by atoms with Gasteiger partial charge in [-0.05, 0) is 36.4 Å². The molecule has 9 heteroatoms. The lowest BCUT2D eigenvalue weighted by molar-refractivity contribution is 0.102. The van der Waals surface area contributed by atoms with Gasteiger partial charge in [-0.1, -0.05) is 5.21 Å². The summed E-state index contributed by atoms with van der Waals surface area (Å²) in [4.78, 5) is 12.5. The quantitative estimate of drug-likeness (QED) is 0.726. The predicted molar refractivity (Wildman–Crippen MR) is 93.2 cm³/mol. The molecule has 2 aromatic carbocycles. The van der Waals surface area contributed by atoms with Crippen LogP contribution in [0.1, 0.15) is 10.5 Å². The van der Waals surface area contributed by atoms with Crippen LogP contribution in [0.15, 0.2) is 42.5 Å². The number of benzene rings is 2. The van der Waals surface area contributed by atoms with Gasteiger partial charge in [0, 0.05) is 6.07 Å². The smallest absolute Gasteiger partial charge is 0.280 e. The molecular weight excluding hydrogens is 341 g/mol. The van der Waals surface area contributed by atoms with Gasteiger partial charge in [0.25, 0.3) is 5.91 Å². The number of carbonyl (C=O) groups excluding carboxylic acids is 1. The number of halogens is 1. The van der Waals surface area contributed by atoms with Gasteiger partial charge in [-0.25, -0.2) is 4.39 Å². The highest BCUT2D eigenvalue weighted by molar-refractivity contribution is 6.06. The molecule has 3 N–H and O–H groups in total. The van der Waals surface area contributed by atoms with Crippen molar-refractivity contribution in [3.05, 3.63) is 54.0 Å². The van der Waals surface area contributed by atoms with E-state index in [4.69, 9.17) is 15.2 Å². The molecule has 0 bridgehead atoms. The Bertz CT molecular complexity index is 940. The van der Waals surface area contributed by atoms with Gasteiger partial charge in [-0.2, -0.15) is 4.68 Å². The van der Waals surface area contributed by atoms with Crippen LogP contribution in [0.2, 0.25) is 0 Å². The summed E-state index contributed by atoms with van der Waals surface area (Å²) in [6.45, 7) is 0. The molecule has 3 rings (SSSR count). The first kappa shape index (κ1) is 17.2. The Morgan fingerprint density at radius 2 is 1.88 bits per heavy atom. The molecule has 0 saturated carbocycles. The van der Waals surface area contributed by atoms with Gasteiger partial charge in [0.15, 0.2) is 11.5 Å². The number of nitrogen functional groups attached to an aromatic ring is 1. The second kappa shape index (κ2) is 7.09. The molecule has 0 aliphatic heterocycles. The van der Waals surface area contributed by atoms with Crippen molar-refractivity contribution in [2.24, 2.45) is 0 Å². The van der Waals surface area contributed by atoms with E-state index in [1.165, 1.54) is 43.2 Å². The summed E-state index contributed by atoms with van der Waals surface area (Å²) in [5.41, 5.74) is 6.79. The van der Waals surface area contributed by atoms with Crippen molar-refractivity contribution < 1.29 is 18.7 Å². The van der Waals surface area contributed by atoms with Crippen LogP contribution in [0.25, 0.3) is 5.69 Å². The third kappa shape index (κ3) is 3.27. The minimum Gasteiger partial charge on any atom is -0.497 e. The third-order valence-electron chi connectivity index (χ3n) is 3.65. The third-order valence-corrected chi connectivity index (χ3v) is 3.65. The van der Waals surface area contributed by atoms with Gasteiger partial charge in [0.1, 0.15) is 17.3 Å². The monoisotopic (exact) mass is 357 g/mol. The average Bonchev–Trinajstić information content (AvgIpc) is 3.04. The summed E-state index contributed by atoms with van der Waals surface area (Å²) in [5.74, 6) is 0.0570. The zero-order chi connectivity index (χ0) is 18.7. The van der Waals surface area contributed by atoms with Crippen molar-refractivity contribution >= 4 is 17.4 Å². The van der Waals surface area contributed by atoms with E-state index in [1.54, 1.807) is 18.2 Å². The van der Waals surface area contributed by atoms with Crippen molar-refractivity contribution in [2.75, 3.05) is 25.3 Å². The number of carbonyl (C=O) groups is 1. The highest BCUT2D eigenvalue weighted by Crippen LogP contribution is 2.29. The molecule has 0 atom stereocenters. The largest absolute Gasteiger partial charge is 0.497 e. The van der Waals surface area contributed by atoms with Crippen molar-refractivity contribution in [2.45, 2.75) is 0 Å². The van der Waals surface area contributed by atoms with Gasteiger partial charge in [-0.3, -0.25) is 4.79 Å². The second-order valence-electron chi connectivity index (χ2n) is 5.23. The molecule has 0 aliphatic rings. The lowest BCUT2D eigenvalue weighted by Gasteiger charge is -2.11. The number of nitrogens with two attached hydrogens (primary N) is 1. The number of amides is 1. The maximum atomic E-state index is 13.0. The van der Waals surface area contributed by atoms with Crippen LogP contribution in [-0.4, -0.2) is 35.1 Å². The SMILES string of the molecule is COc1ccc(OC)c(NC(=O)c2nnn(-c3ccc(F)cc3)c2N)c1. The molecule has 1 heterocycles. The Kier molecular flexibility index (Phi) is 4.70. The maximum absolute atomic E-state index is 13.0. The van der Waals surface area contributed by atoms with Crippen LogP contribution in [0.4, 0.5) is 15.9 Å². The average molecular weight is 357 g/mol. The van der Waals surface area contributed by atoms with E-state index in [0.29, 0.717) is 22.9 Å². The minimum atomic E-state index is -0.567. The summed E-state index contributed by atoms with van der Waals surface area (Å²) in [6.07, 6.45) is 0. The van der Waals surface area contributed by atoms with E-state index in [2.05, 4.69) is 15.6 Å². The van der Waals surface area contributed by atoms with Crippen LogP contribution in [0.3, 0.4) is 0 Å². The Balaban J connectivity index is 1.89. The first-order chi connectivity index (χ1) is 12.5. The number of rotatable bonds is 5. The molecule has 26 heavy (non-hydrogen) atoms. The van der Waals surface area contributed by atoms with Crippen molar-refractivity contribution in [3.63, 3.8) is 0 Å². The molecule has 8 nitrogen and oxygen atoms in total. The fraction of sp³-hybridized carbons (Fsp3) is 0.118. The van der Waals surface area contributed by atoms with E-state index >= 15 is 0 Å². The van der Waals surface area contributed by atoms with Crippen LogP contribution in [0.5, 0.6) is 11.5 Å². The van der Waals surface area contributed by atoms with Gasteiger partial charge in [0.05, 0.1) is 25.6 Å². The number of nitrogens with one attached hydrogen (secondary N) is 1. The Morgan fingerprint density at radius 3 is 2.54 bits per heavy atom. The van der Waals surface area contributed by atoms with Crippen molar-refractivity contribution in [3.8, 4) is 17.2 Å². The molecular formula is C17H16FN5O3. The van der Waals surface area contributed by atoms with Crippen LogP contribution >= 0.6 is 0 Å². The fourth-order valence-corrected chi connectivity index (χ4v) is 2.32. The minimum absolute atomic E-state index is 0.0240. The molecule has 0 radical (unpaired) electrons. The normalized spacial score (nSPS) is 10.4. The molecule has 0 fully saturated rings. The Labute approximate surface area is 148 Å². The van der Waals surface area contributed by atoms with E-state index in [-0.39, 0.29) is 11.5 Å². The van der Waals surface area contributed by atoms with E-state index < -0.39 is 11.7 Å². The van der Waals surface area contributed by atoms with Gasteiger partial charge in [0.2, 0.25) is 0 Å². The number of nitrogens with zero attached hydrogens (tertiary/aromatic N) is 3. The zero-order valence-corrected chi connectivity index (χ0v) is 14.1. The highest BCUT2D eigenvalue weighted by atomic mass is 19.1. The first-order valence-corrected chi connectivity index (χ1v) is 7.54. The molecule has 1 amide bonds. The van der Waals surface area contributed by atoms with E-state index in [1.807, 2.05) is 0 Å². The number of hydrogen-bond donors (Lipinski definition) is 2. The maximum Gasteiger partial charge on any atom is 0.280 e. The summed E-state index contributed by atoms with van der Waals surface area (Å²) in [7, 11) is 3.00. The number of methoxy groups -OCH3 is 2. The van der Waals surface area contributed by atoms with Crippen LogP contribution < -0.4 is 20.5 Å². The topological polar surface area (TPSA) is 104 Å². The summed E-state index contributed by atoms with van der Waals surface area (Å²) >= 11 is 0. The molecule has 3 aromatic rings. The van der Waals surface area contributed by atoms with Gasteiger partial charge < -0.3 is 20.5 Å². The molecule has 0 aliphatic carbocycles. The summed E-state index contributed by atoms with van der Waals surface area (Å²) in [5, 5.41) is 10.3. The van der Waals surface area contributed by atoms with Crippen molar-refractivity contribution in [1.29, 1.82) is 0 Å². The molecule has 0 spiro atoms. The molecule has 0 unspecified atom stereocenters. The lowest BCUT2D eigenvalue weighted by Crippen LogP contribution is -2.15. The predicted octanol–water partition coefficient (Wildman–Crippen LogP) is 2.26. The Morgan fingerprint density at radius 1 is 1.15 bits per heavy atom. The number of ether oxygens (including phenoxy) is 2. The summed E-state index contributed by atoms with van der Waals surface area (Å²) < 4.78 is 24.7. The standard InChI is InChI=1S/C17H16FN5O3/c1-25-12-7-8-14(26-2)13(9-12)20-17(24)15-16(19)23(22-21-15)11-5-3-10(18)4-6-11/h3-9H,19H2,1-2H3,(H,20,24). The van der Waals surface area contributed by atoms with Gasteiger partial charge >= 0.3 is 0 Å². The lowest BCUT2D eigenvalue weighted by atomic mass is 10.2. The van der Waals surface area contributed by atoms with Crippen LogP contribution in [0, 0.1) is 5.82 Å². The van der Waals surface area contributed by atoms with Crippen LogP contribution in [-0.2, 0) is 0 Å². The first-order valence-electron chi connectivity index (χ1n) is 7.54. The fourth-order valence-electron chi connectivity index (χ4n) is 2.32. The highest BCUT2D eigenvalue weighted by Gasteiger charge is 2.20. The number of anilines is 2. The number of aromatic nitrogens is 3. The van der Waals surface area contributed by atoms with Crippen molar-refractivity contribution in [1.82, 2.24) is 15.0 Å². The Hall–Kier alpha value is -3.62. The second-order valence-corrected chi connectivity index (χ2v) is 5.23. The zero-order valence-electron chi connectivity index (χ0n) is 14.1. The number of hydrogen-bond acceptors (Lipinski definition) is 6. The molecule has 134 valence electrons. The van der Waals surface area contributed by atoms with E-state index in [0.717, 1.165) is 0 Å². The van der Waals surface area contributed by atoms with E-state index in [9.17, 15) is 9.18 Å². The summed E-state index contributed by atoms with van der Waals surface area (Å²) in [6, 6.07) is 10.5.